The SMILES string of the molecule is CC(C)CNCC1CCC(COC2CCCCC2C)O1. The maximum atomic E-state index is 6.12. The molecule has 2 aliphatic rings. The Balaban J connectivity index is 1.58. The quantitative estimate of drug-likeness (QED) is 0.777. The van der Waals surface area contributed by atoms with Crippen molar-refractivity contribution in [1.82, 2.24) is 5.32 Å². The Labute approximate surface area is 124 Å². The summed E-state index contributed by atoms with van der Waals surface area (Å²) >= 11 is 0. The van der Waals surface area contributed by atoms with Gasteiger partial charge in [-0.25, -0.2) is 0 Å². The van der Waals surface area contributed by atoms with Gasteiger partial charge in [0.1, 0.15) is 0 Å². The number of hydrogen-bond donors (Lipinski definition) is 1. The maximum absolute atomic E-state index is 6.12. The zero-order chi connectivity index (χ0) is 14.4. The smallest absolute Gasteiger partial charge is 0.0814 e. The molecule has 0 aromatic carbocycles. The van der Waals surface area contributed by atoms with Crippen molar-refractivity contribution in [2.75, 3.05) is 19.7 Å². The van der Waals surface area contributed by atoms with Gasteiger partial charge >= 0.3 is 0 Å². The third-order valence-corrected chi connectivity index (χ3v) is 4.65. The van der Waals surface area contributed by atoms with Gasteiger partial charge in [-0.3, -0.25) is 0 Å². The van der Waals surface area contributed by atoms with E-state index in [1.807, 2.05) is 0 Å². The van der Waals surface area contributed by atoms with E-state index in [1.165, 1.54) is 32.1 Å². The molecule has 2 rings (SSSR count). The van der Waals surface area contributed by atoms with Crippen LogP contribution in [0, 0.1) is 11.8 Å². The van der Waals surface area contributed by atoms with Crippen molar-refractivity contribution < 1.29 is 9.47 Å². The molecule has 3 nitrogen and oxygen atoms in total. The molecule has 1 saturated carbocycles. The van der Waals surface area contributed by atoms with Crippen LogP contribution in [0.15, 0.2) is 0 Å². The number of ether oxygens (including phenoxy) is 2. The van der Waals surface area contributed by atoms with Gasteiger partial charge in [-0.05, 0) is 44.1 Å². The van der Waals surface area contributed by atoms with E-state index in [0.717, 1.165) is 32.0 Å². The van der Waals surface area contributed by atoms with Crippen LogP contribution in [0.4, 0.5) is 0 Å². The average Bonchev–Trinajstić information content (AvgIpc) is 2.85. The third kappa shape index (κ3) is 5.34. The van der Waals surface area contributed by atoms with E-state index >= 15 is 0 Å². The number of hydrogen-bond acceptors (Lipinski definition) is 3. The maximum Gasteiger partial charge on any atom is 0.0814 e. The van der Waals surface area contributed by atoms with E-state index in [9.17, 15) is 0 Å². The van der Waals surface area contributed by atoms with E-state index in [4.69, 9.17) is 9.47 Å². The topological polar surface area (TPSA) is 30.5 Å². The predicted molar refractivity (Wildman–Crippen MR) is 83.0 cm³/mol. The lowest BCUT2D eigenvalue weighted by Crippen LogP contribution is -2.32. The molecule has 1 aliphatic carbocycles. The molecular formula is C17H33NO2. The zero-order valence-electron chi connectivity index (χ0n) is 13.6. The van der Waals surface area contributed by atoms with Crippen LogP contribution in [0.25, 0.3) is 0 Å². The average molecular weight is 283 g/mol. The molecule has 0 aromatic heterocycles. The summed E-state index contributed by atoms with van der Waals surface area (Å²) in [5, 5.41) is 3.49. The van der Waals surface area contributed by atoms with Gasteiger partial charge in [0, 0.05) is 6.54 Å². The highest BCUT2D eigenvalue weighted by Crippen LogP contribution is 2.27. The van der Waals surface area contributed by atoms with Gasteiger partial charge in [-0.1, -0.05) is 33.6 Å². The summed E-state index contributed by atoms with van der Waals surface area (Å²) < 4.78 is 12.2. The van der Waals surface area contributed by atoms with Crippen LogP contribution >= 0.6 is 0 Å². The Bertz CT molecular complexity index is 270. The molecule has 118 valence electrons. The van der Waals surface area contributed by atoms with Crippen molar-refractivity contribution in [1.29, 1.82) is 0 Å². The molecule has 2 fully saturated rings. The van der Waals surface area contributed by atoms with Gasteiger partial charge in [0.25, 0.3) is 0 Å². The first-order valence-electron chi connectivity index (χ1n) is 8.63. The molecule has 1 aliphatic heterocycles. The molecule has 0 bridgehead atoms. The Kier molecular flexibility index (Phi) is 6.79. The fraction of sp³-hybridized carbons (Fsp3) is 1.00. The lowest BCUT2D eigenvalue weighted by Gasteiger charge is -2.29. The second kappa shape index (κ2) is 8.35. The number of rotatable bonds is 7. The summed E-state index contributed by atoms with van der Waals surface area (Å²) in [6.45, 7) is 9.69. The fourth-order valence-corrected chi connectivity index (χ4v) is 3.35. The summed E-state index contributed by atoms with van der Waals surface area (Å²) in [6, 6.07) is 0. The lowest BCUT2D eigenvalue weighted by atomic mass is 9.88. The van der Waals surface area contributed by atoms with Crippen molar-refractivity contribution in [2.45, 2.75) is 77.6 Å². The van der Waals surface area contributed by atoms with Crippen molar-refractivity contribution in [2.24, 2.45) is 11.8 Å². The minimum absolute atomic E-state index is 0.329. The molecule has 1 N–H and O–H groups in total. The molecule has 20 heavy (non-hydrogen) atoms. The summed E-state index contributed by atoms with van der Waals surface area (Å²) in [6.07, 6.45) is 8.83. The second-order valence-corrected chi connectivity index (χ2v) is 7.14. The highest BCUT2D eigenvalue weighted by atomic mass is 16.5. The van der Waals surface area contributed by atoms with E-state index in [-0.39, 0.29) is 0 Å². The minimum atomic E-state index is 0.329. The van der Waals surface area contributed by atoms with Gasteiger partial charge in [0.2, 0.25) is 0 Å². The van der Waals surface area contributed by atoms with E-state index in [2.05, 4.69) is 26.1 Å². The van der Waals surface area contributed by atoms with Crippen LogP contribution in [0.3, 0.4) is 0 Å². The van der Waals surface area contributed by atoms with Gasteiger partial charge in [-0.2, -0.15) is 0 Å². The molecule has 4 atom stereocenters. The molecule has 3 heteroatoms. The molecule has 0 spiro atoms. The Hall–Kier alpha value is -0.120. The molecule has 4 unspecified atom stereocenters. The second-order valence-electron chi connectivity index (χ2n) is 7.14. The Morgan fingerprint density at radius 3 is 2.60 bits per heavy atom. The number of nitrogens with one attached hydrogen (secondary N) is 1. The van der Waals surface area contributed by atoms with Gasteiger partial charge in [-0.15, -0.1) is 0 Å². The van der Waals surface area contributed by atoms with Crippen LogP contribution < -0.4 is 5.32 Å². The summed E-state index contributed by atoms with van der Waals surface area (Å²) in [4.78, 5) is 0. The largest absolute Gasteiger partial charge is 0.375 e. The standard InChI is InChI=1S/C17H33NO2/c1-13(2)10-18-11-15-8-9-16(20-15)12-19-17-7-5-4-6-14(17)3/h13-18H,4-12H2,1-3H3. The first kappa shape index (κ1) is 16.3. The fourth-order valence-electron chi connectivity index (χ4n) is 3.35. The zero-order valence-corrected chi connectivity index (χ0v) is 13.6. The summed E-state index contributed by atoms with van der Waals surface area (Å²) in [5.41, 5.74) is 0. The molecular weight excluding hydrogens is 250 g/mol. The molecule has 1 saturated heterocycles. The molecule has 0 radical (unpaired) electrons. The first-order chi connectivity index (χ1) is 9.65. The van der Waals surface area contributed by atoms with Crippen LogP contribution in [-0.2, 0) is 9.47 Å². The van der Waals surface area contributed by atoms with Crippen LogP contribution in [-0.4, -0.2) is 38.0 Å². The van der Waals surface area contributed by atoms with Crippen molar-refractivity contribution in [3.8, 4) is 0 Å². The van der Waals surface area contributed by atoms with Gasteiger partial charge in [0.15, 0.2) is 0 Å². The first-order valence-corrected chi connectivity index (χ1v) is 8.63. The Morgan fingerprint density at radius 2 is 1.85 bits per heavy atom. The lowest BCUT2D eigenvalue weighted by molar-refractivity contribution is -0.0653. The van der Waals surface area contributed by atoms with E-state index < -0.39 is 0 Å². The van der Waals surface area contributed by atoms with Crippen molar-refractivity contribution in [3.63, 3.8) is 0 Å². The molecule has 1 heterocycles. The monoisotopic (exact) mass is 283 g/mol. The minimum Gasteiger partial charge on any atom is -0.375 e. The van der Waals surface area contributed by atoms with Crippen LogP contribution in [0.1, 0.15) is 59.3 Å². The predicted octanol–water partition coefficient (Wildman–Crippen LogP) is 3.37. The highest BCUT2D eigenvalue weighted by Gasteiger charge is 2.28. The molecule has 0 amide bonds. The Morgan fingerprint density at radius 1 is 1.10 bits per heavy atom. The molecule has 0 aromatic rings. The van der Waals surface area contributed by atoms with Gasteiger partial charge < -0.3 is 14.8 Å². The summed E-state index contributed by atoms with van der Waals surface area (Å²) in [5.74, 6) is 1.44. The van der Waals surface area contributed by atoms with Crippen LogP contribution in [0.5, 0.6) is 0 Å². The van der Waals surface area contributed by atoms with Crippen molar-refractivity contribution in [3.05, 3.63) is 0 Å². The van der Waals surface area contributed by atoms with Crippen LogP contribution in [0.2, 0.25) is 0 Å². The third-order valence-electron chi connectivity index (χ3n) is 4.65. The summed E-state index contributed by atoms with van der Waals surface area (Å²) in [7, 11) is 0. The van der Waals surface area contributed by atoms with E-state index in [1.54, 1.807) is 0 Å². The normalized spacial score (nSPS) is 34.8. The highest BCUT2D eigenvalue weighted by molar-refractivity contribution is 4.77. The van der Waals surface area contributed by atoms with Gasteiger partial charge in [0.05, 0.1) is 24.9 Å². The van der Waals surface area contributed by atoms with Crippen molar-refractivity contribution >= 4 is 0 Å². The van der Waals surface area contributed by atoms with E-state index in [0.29, 0.717) is 24.2 Å².